The summed E-state index contributed by atoms with van der Waals surface area (Å²) in [6, 6.07) is 5.34. The first kappa shape index (κ1) is 12.8. The van der Waals surface area contributed by atoms with E-state index >= 15 is 0 Å². The van der Waals surface area contributed by atoms with Crippen LogP contribution in [0.5, 0.6) is 0 Å². The Bertz CT molecular complexity index is 577. The van der Waals surface area contributed by atoms with Gasteiger partial charge < -0.3 is 0 Å². The Labute approximate surface area is 111 Å². The molecule has 0 spiro atoms. The van der Waals surface area contributed by atoms with Crippen LogP contribution in [0.3, 0.4) is 0 Å². The molecule has 0 amide bonds. The van der Waals surface area contributed by atoms with Gasteiger partial charge in [0.1, 0.15) is 12.2 Å². The average Bonchev–Trinajstić information content (AvgIpc) is 2.79. The quantitative estimate of drug-likeness (QED) is 0.797. The molecule has 0 fully saturated rings. The monoisotopic (exact) mass is 263 g/mol. The number of halogens is 1. The van der Waals surface area contributed by atoms with E-state index < -0.39 is 0 Å². The van der Waals surface area contributed by atoms with Gasteiger partial charge in [0.15, 0.2) is 5.78 Å². The van der Waals surface area contributed by atoms with Crippen LogP contribution in [0.4, 0.5) is 0 Å². The fourth-order valence-electron chi connectivity index (χ4n) is 1.70. The fourth-order valence-corrected chi connectivity index (χ4v) is 1.88. The number of aromatic nitrogens is 3. The Morgan fingerprint density at radius 2 is 2.22 bits per heavy atom. The SMILES string of the molecule is CCn1ncnc1CC(=O)c1ccc(C)c(Cl)c1. The van der Waals surface area contributed by atoms with Gasteiger partial charge in [-0.3, -0.25) is 4.79 Å². The zero-order valence-electron chi connectivity index (χ0n) is 10.4. The highest BCUT2D eigenvalue weighted by atomic mass is 35.5. The molecular weight excluding hydrogens is 250 g/mol. The molecule has 1 aromatic heterocycles. The molecule has 0 aliphatic rings. The Balaban J connectivity index is 2.19. The Kier molecular flexibility index (Phi) is 3.77. The second-order valence-corrected chi connectivity index (χ2v) is 4.46. The molecule has 0 saturated heterocycles. The number of carbonyl (C=O) groups excluding carboxylic acids is 1. The van der Waals surface area contributed by atoms with Crippen LogP contribution in [0, 0.1) is 6.92 Å². The lowest BCUT2D eigenvalue weighted by Gasteiger charge is -2.04. The van der Waals surface area contributed by atoms with Gasteiger partial charge in [0.25, 0.3) is 0 Å². The van der Waals surface area contributed by atoms with Crippen molar-refractivity contribution in [3.05, 3.63) is 46.5 Å². The highest BCUT2D eigenvalue weighted by Gasteiger charge is 2.12. The maximum Gasteiger partial charge on any atom is 0.170 e. The minimum Gasteiger partial charge on any atom is -0.294 e. The highest BCUT2D eigenvalue weighted by Crippen LogP contribution is 2.17. The summed E-state index contributed by atoms with van der Waals surface area (Å²) in [7, 11) is 0. The molecule has 0 aliphatic carbocycles. The number of carbonyl (C=O) groups is 1. The molecule has 0 bridgehead atoms. The van der Waals surface area contributed by atoms with Crippen LogP contribution >= 0.6 is 11.6 Å². The Hall–Kier alpha value is -1.68. The first-order valence-corrected chi connectivity index (χ1v) is 6.15. The van der Waals surface area contributed by atoms with E-state index in [-0.39, 0.29) is 12.2 Å². The molecule has 2 aromatic rings. The second-order valence-electron chi connectivity index (χ2n) is 4.06. The summed E-state index contributed by atoms with van der Waals surface area (Å²) < 4.78 is 1.72. The zero-order valence-corrected chi connectivity index (χ0v) is 11.1. The van der Waals surface area contributed by atoms with Crippen molar-refractivity contribution in [2.45, 2.75) is 26.8 Å². The van der Waals surface area contributed by atoms with Gasteiger partial charge >= 0.3 is 0 Å². The molecule has 1 heterocycles. The van der Waals surface area contributed by atoms with Gasteiger partial charge in [0, 0.05) is 17.1 Å². The fraction of sp³-hybridized carbons (Fsp3) is 0.308. The van der Waals surface area contributed by atoms with Gasteiger partial charge in [0.05, 0.1) is 6.42 Å². The smallest absolute Gasteiger partial charge is 0.170 e. The van der Waals surface area contributed by atoms with Crippen molar-refractivity contribution in [2.75, 3.05) is 0 Å². The topological polar surface area (TPSA) is 47.8 Å². The van der Waals surface area contributed by atoms with Crippen LogP contribution in [0.1, 0.15) is 28.7 Å². The van der Waals surface area contributed by atoms with Crippen molar-refractivity contribution in [1.82, 2.24) is 14.8 Å². The van der Waals surface area contributed by atoms with E-state index in [9.17, 15) is 4.79 Å². The van der Waals surface area contributed by atoms with E-state index in [1.807, 2.05) is 19.9 Å². The molecule has 4 nitrogen and oxygen atoms in total. The summed E-state index contributed by atoms with van der Waals surface area (Å²) >= 11 is 6.01. The van der Waals surface area contributed by atoms with Gasteiger partial charge in [-0.05, 0) is 25.5 Å². The highest BCUT2D eigenvalue weighted by molar-refractivity contribution is 6.31. The third kappa shape index (κ3) is 2.59. The lowest BCUT2D eigenvalue weighted by atomic mass is 10.1. The minimum absolute atomic E-state index is 0.000370. The van der Waals surface area contributed by atoms with E-state index in [1.165, 1.54) is 6.33 Å². The number of hydrogen-bond donors (Lipinski definition) is 0. The number of Topliss-reactive ketones (excluding diaryl/α,β-unsaturated/α-hetero) is 1. The standard InChI is InChI=1S/C13H14ClN3O/c1-3-17-13(15-8-16-17)7-12(18)10-5-4-9(2)11(14)6-10/h4-6,8H,3,7H2,1-2H3. The lowest BCUT2D eigenvalue weighted by Crippen LogP contribution is -2.10. The molecule has 0 saturated carbocycles. The van der Waals surface area contributed by atoms with Gasteiger partial charge in [-0.25, -0.2) is 9.67 Å². The number of ketones is 1. The summed E-state index contributed by atoms with van der Waals surface area (Å²) in [4.78, 5) is 16.2. The normalized spacial score (nSPS) is 10.6. The summed E-state index contributed by atoms with van der Waals surface area (Å²) in [5.74, 6) is 0.679. The van der Waals surface area contributed by atoms with Crippen LogP contribution in [0.15, 0.2) is 24.5 Å². The predicted octanol–water partition coefficient (Wildman–Crippen LogP) is 2.69. The van der Waals surface area contributed by atoms with E-state index in [1.54, 1.807) is 16.8 Å². The van der Waals surface area contributed by atoms with E-state index in [2.05, 4.69) is 10.1 Å². The summed E-state index contributed by atoms with van der Waals surface area (Å²) in [5.41, 5.74) is 1.57. The predicted molar refractivity (Wildman–Crippen MR) is 69.9 cm³/mol. The van der Waals surface area contributed by atoms with Gasteiger partial charge in [-0.2, -0.15) is 5.10 Å². The van der Waals surface area contributed by atoms with Crippen LogP contribution < -0.4 is 0 Å². The van der Waals surface area contributed by atoms with E-state index in [4.69, 9.17) is 11.6 Å². The summed E-state index contributed by atoms with van der Waals surface area (Å²) in [6.45, 7) is 4.58. The maximum atomic E-state index is 12.1. The molecule has 2 rings (SSSR count). The third-order valence-corrected chi connectivity index (χ3v) is 3.21. The van der Waals surface area contributed by atoms with Crippen molar-refractivity contribution < 1.29 is 4.79 Å². The van der Waals surface area contributed by atoms with Crippen LogP contribution in [0.2, 0.25) is 5.02 Å². The van der Waals surface area contributed by atoms with Gasteiger partial charge in [0.2, 0.25) is 0 Å². The molecule has 0 atom stereocenters. The number of benzene rings is 1. The lowest BCUT2D eigenvalue weighted by molar-refractivity contribution is 0.0989. The van der Waals surface area contributed by atoms with Crippen molar-refractivity contribution in [2.24, 2.45) is 0 Å². The van der Waals surface area contributed by atoms with Gasteiger partial charge in [-0.15, -0.1) is 0 Å². The average molecular weight is 264 g/mol. The Morgan fingerprint density at radius 1 is 1.44 bits per heavy atom. The number of nitrogens with zero attached hydrogens (tertiary/aromatic N) is 3. The van der Waals surface area contributed by atoms with Crippen molar-refractivity contribution >= 4 is 17.4 Å². The van der Waals surface area contributed by atoms with Crippen molar-refractivity contribution in [3.63, 3.8) is 0 Å². The molecule has 0 unspecified atom stereocenters. The number of aryl methyl sites for hydroxylation is 2. The van der Waals surface area contributed by atoms with E-state index in [0.717, 1.165) is 5.56 Å². The van der Waals surface area contributed by atoms with E-state index in [0.29, 0.717) is 23.0 Å². The molecule has 94 valence electrons. The Morgan fingerprint density at radius 3 is 2.89 bits per heavy atom. The molecule has 0 N–H and O–H groups in total. The van der Waals surface area contributed by atoms with Crippen molar-refractivity contribution in [1.29, 1.82) is 0 Å². The van der Waals surface area contributed by atoms with Crippen molar-refractivity contribution in [3.8, 4) is 0 Å². The molecule has 1 aromatic carbocycles. The first-order valence-electron chi connectivity index (χ1n) is 5.78. The number of hydrogen-bond acceptors (Lipinski definition) is 3. The zero-order chi connectivity index (χ0) is 13.1. The molecule has 0 aliphatic heterocycles. The minimum atomic E-state index is -0.000370. The number of rotatable bonds is 4. The van der Waals surface area contributed by atoms with Crippen LogP contribution in [-0.4, -0.2) is 20.5 Å². The summed E-state index contributed by atoms with van der Waals surface area (Å²) in [5, 5.41) is 4.65. The molecular formula is C13H14ClN3O. The van der Waals surface area contributed by atoms with Crippen LogP contribution in [-0.2, 0) is 13.0 Å². The first-order chi connectivity index (χ1) is 8.61. The molecule has 18 heavy (non-hydrogen) atoms. The third-order valence-electron chi connectivity index (χ3n) is 2.81. The summed E-state index contributed by atoms with van der Waals surface area (Å²) in [6.07, 6.45) is 1.71. The second kappa shape index (κ2) is 5.31. The molecule has 0 radical (unpaired) electrons. The van der Waals surface area contributed by atoms with Gasteiger partial charge in [-0.1, -0.05) is 23.7 Å². The largest absolute Gasteiger partial charge is 0.294 e. The van der Waals surface area contributed by atoms with Crippen LogP contribution in [0.25, 0.3) is 0 Å². The maximum absolute atomic E-state index is 12.1. The molecule has 5 heteroatoms.